The van der Waals surface area contributed by atoms with E-state index < -0.39 is 11.2 Å². The molecule has 2 rings (SSSR count). The number of benzene rings is 2. The molecule has 0 aromatic heterocycles. The van der Waals surface area contributed by atoms with Gasteiger partial charge in [-0.15, -0.1) is 0 Å². The van der Waals surface area contributed by atoms with Gasteiger partial charge >= 0.3 is 0 Å². The molecule has 0 aliphatic carbocycles. The Hall–Kier alpha value is -0.300. The van der Waals surface area contributed by atoms with Crippen LogP contribution in [0, 0.1) is 3.57 Å². The zero-order valence-electron chi connectivity index (χ0n) is 10.1. The van der Waals surface area contributed by atoms with Crippen molar-refractivity contribution in [3.05, 3.63) is 73.1 Å². The van der Waals surface area contributed by atoms with E-state index in [-0.39, 0.29) is 0 Å². The summed E-state index contributed by atoms with van der Waals surface area (Å²) in [4.78, 5) is 0. The molecule has 0 amide bonds. The van der Waals surface area contributed by atoms with E-state index in [2.05, 4.69) is 38.5 Å². The van der Waals surface area contributed by atoms with Gasteiger partial charge in [-0.05, 0) is 69.7 Å². The molecule has 4 heteroatoms. The lowest BCUT2D eigenvalue weighted by atomic mass is 10.2. The number of hydrogen-bond acceptors (Lipinski definition) is 1. The van der Waals surface area contributed by atoms with Crippen molar-refractivity contribution in [1.29, 1.82) is 0 Å². The van der Waals surface area contributed by atoms with Crippen molar-refractivity contribution in [2.75, 3.05) is 0 Å². The molecule has 2 aromatic carbocycles. The van der Waals surface area contributed by atoms with E-state index in [0.29, 0.717) is 5.75 Å². The third-order valence-electron chi connectivity index (χ3n) is 2.50. The maximum absolute atomic E-state index is 12.0. The van der Waals surface area contributed by atoms with Gasteiger partial charge in [-0.1, -0.05) is 40.2 Å². The molecule has 0 heterocycles. The van der Waals surface area contributed by atoms with Crippen LogP contribution in [0.25, 0.3) is 6.08 Å². The third-order valence-corrected chi connectivity index (χ3v) is 4.81. The number of hydrogen-bond donors (Lipinski definition) is 0. The molecule has 1 nitrogen and oxygen atoms in total. The summed E-state index contributed by atoms with van der Waals surface area (Å²) < 4.78 is 14.2. The first-order valence-electron chi connectivity index (χ1n) is 5.69. The molecule has 0 aliphatic rings. The molecular weight excluding hydrogens is 435 g/mol. The zero-order chi connectivity index (χ0) is 13.7. The van der Waals surface area contributed by atoms with Gasteiger partial charge in [0.05, 0.1) is 0 Å². The van der Waals surface area contributed by atoms with Crippen LogP contribution in [0.3, 0.4) is 0 Å². The van der Waals surface area contributed by atoms with Crippen LogP contribution in [0.15, 0.2) is 58.4 Å². The Morgan fingerprint density at radius 3 is 2.32 bits per heavy atom. The van der Waals surface area contributed by atoms with E-state index in [1.165, 1.54) is 3.57 Å². The summed E-state index contributed by atoms with van der Waals surface area (Å²) in [6.07, 6.45) is 1.90. The van der Waals surface area contributed by atoms with Gasteiger partial charge in [-0.2, -0.15) is 0 Å². The van der Waals surface area contributed by atoms with Gasteiger partial charge in [0, 0.05) is 13.6 Å². The molecule has 0 aliphatic heterocycles. The molecule has 0 radical (unpaired) electrons. The summed E-state index contributed by atoms with van der Waals surface area (Å²) in [6.45, 7) is 0. The first-order chi connectivity index (χ1) is 9.13. The first kappa shape index (κ1) is 15.1. The number of rotatable bonds is 4. The average Bonchev–Trinajstić information content (AvgIpc) is 2.41. The molecule has 19 heavy (non-hydrogen) atoms. The average molecular weight is 447 g/mol. The van der Waals surface area contributed by atoms with Crippen molar-refractivity contribution in [1.82, 2.24) is 0 Å². The summed E-state index contributed by atoms with van der Waals surface area (Å²) >= 11 is 4.68. The highest BCUT2D eigenvalue weighted by Gasteiger charge is 2.03. The Morgan fingerprint density at radius 2 is 1.68 bits per heavy atom. The molecule has 0 fully saturated rings. The Balaban J connectivity index is 1.95. The number of halogens is 2. The summed E-state index contributed by atoms with van der Waals surface area (Å²) in [5.74, 6) is 0.559. The fourth-order valence-electron chi connectivity index (χ4n) is 1.52. The summed E-state index contributed by atoms with van der Waals surface area (Å²) in [5, 5.41) is 1.75. The van der Waals surface area contributed by atoms with Crippen molar-refractivity contribution in [3.8, 4) is 0 Å². The maximum Gasteiger partial charge on any atom is 0.135 e. The highest BCUT2D eigenvalue weighted by Crippen LogP contribution is 2.14. The van der Waals surface area contributed by atoms with Crippen LogP contribution >= 0.6 is 38.5 Å². The van der Waals surface area contributed by atoms with Gasteiger partial charge in [-0.3, -0.25) is 0 Å². The molecule has 1 unspecified atom stereocenters. The highest BCUT2D eigenvalue weighted by atomic mass is 127. The largest absolute Gasteiger partial charge is 0.612 e. The van der Waals surface area contributed by atoms with E-state index in [4.69, 9.17) is 0 Å². The van der Waals surface area contributed by atoms with Crippen LogP contribution in [0.2, 0.25) is 0 Å². The van der Waals surface area contributed by atoms with Crippen LogP contribution in [0.5, 0.6) is 0 Å². The van der Waals surface area contributed by atoms with Gasteiger partial charge < -0.3 is 4.55 Å². The van der Waals surface area contributed by atoms with Gasteiger partial charge in [0.15, 0.2) is 0 Å². The van der Waals surface area contributed by atoms with Crippen molar-refractivity contribution in [2.24, 2.45) is 0 Å². The lowest BCUT2D eigenvalue weighted by Crippen LogP contribution is -1.99. The van der Waals surface area contributed by atoms with E-state index in [9.17, 15) is 4.55 Å². The Morgan fingerprint density at radius 1 is 1.05 bits per heavy atom. The smallest absolute Gasteiger partial charge is 0.135 e. The van der Waals surface area contributed by atoms with Gasteiger partial charge in [0.25, 0.3) is 0 Å². The predicted molar refractivity (Wildman–Crippen MR) is 94.2 cm³/mol. The van der Waals surface area contributed by atoms with Crippen LogP contribution < -0.4 is 0 Å². The fraction of sp³-hybridized carbons (Fsp3) is 0.0667. The van der Waals surface area contributed by atoms with Crippen molar-refractivity contribution in [2.45, 2.75) is 5.75 Å². The van der Waals surface area contributed by atoms with E-state index in [0.717, 1.165) is 15.6 Å². The minimum atomic E-state index is -0.978. The molecule has 98 valence electrons. The molecular formula is C15H12BrIOS. The topological polar surface area (TPSA) is 23.1 Å². The van der Waals surface area contributed by atoms with Crippen LogP contribution in [0.4, 0.5) is 0 Å². The zero-order valence-corrected chi connectivity index (χ0v) is 14.6. The quantitative estimate of drug-likeness (QED) is 0.480. The highest BCUT2D eigenvalue weighted by molar-refractivity contribution is 14.1. The Bertz CT molecular complexity index is 551. The molecule has 0 saturated heterocycles. The standard InChI is InChI=1S/C15H12BrIOS/c16-14-5-1-12(2-6-14)9-10-19(18)11-13-3-7-15(17)8-4-13/h1-10H,11H2/b10-9+. The molecule has 0 N–H and O–H groups in total. The van der Waals surface area contributed by atoms with Crippen molar-refractivity contribution in [3.63, 3.8) is 0 Å². The third kappa shape index (κ3) is 5.30. The summed E-state index contributed by atoms with van der Waals surface area (Å²) in [5.41, 5.74) is 2.15. The van der Waals surface area contributed by atoms with E-state index in [1.54, 1.807) is 5.41 Å². The van der Waals surface area contributed by atoms with Gasteiger partial charge in [-0.25, -0.2) is 0 Å². The van der Waals surface area contributed by atoms with E-state index in [1.807, 2.05) is 54.6 Å². The SMILES string of the molecule is [O-][S+](/C=C/c1ccc(Br)cc1)Cc1ccc(I)cc1. The molecule has 0 bridgehead atoms. The lowest BCUT2D eigenvalue weighted by molar-refractivity contribution is 0.603. The first-order valence-corrected chi connectivity index (χ1v) is 8.94. The second-order valence-corrected chi connectivity index (χ2v) is 7.49. The monoisotopic (exact) mass is 446 g/mol. The molecule has 2 aromatic rings. The van der Waals surface area contributed by atoms with E-state index >= 15 is 0 Å². The maximum atomic E-state index is 12.0. The molecule has 1 atom stereocenters. The fourth-order valence-corrected chi connectivity index (χ4v) is 3.07. The van der Waals surface area contributed by atoms with Crippen LogP contribution in [0.1, 0.15) is 11.1 Å². The van der Waals surface area contributed by atoms with Gasteiger partial charge in [0.2, 0.25) is 0 Å². The second-order valence-electron chi connectivity index (χ2n) is 4.01. The van der Waals surface area contributed by atoms with Crippen LogP contribution in [-0.4, -0.2) is 4.55 Å². The summed E-state index contributed by atoms with van der Waals surface area (Å²) in [6, 6.07) is 16.0. The minimum absolute atomic E-state index is 0.559. The van der Waals surface area contributed by atoms with Crippen molar-refractivity contribution >= 4 is 55.8 Å². The summed E-state index contributed by atoms with van der Waals surface area (Å²) in [7, 11) is 0. The molecule has 0 spiro atoms. The Kier molecular flexibility index (Phi) is 5.94. The lowest BCUT2D eigenvalue weighted by Gasteiger charge is -2.05. The normalized spacial score (nSPS) is 12.8. The predicted octanol–water partition coefficient (Wildman–Crippen LogP) is 4.97. The second kappa shape index (κ2) is 7.47. The van der Waals surface area contributed by atoms with Crippen LogP contribution in [-0.2, 0) is 16.9 Å². The molecule has 0 saturated carbocycles. The van der Waals surface area contributed by atoms with Crippen molar-refractivity contribution < 1.29 is 4.55 Å². The Labute approximate surface area is 138 Å². The van der Waals surface area contributed by atoms with Gasteiger partial charge in [0.1, 0.15) is 11.2 Å². The minimum Gasteiger partial charge on any atom is -0.612 e.